The summed E-state index contributed by atoms with van der Waals surface area (Å²) in [6, 6.07) is 20.3. The number of likely N-dealkylation sites (tertiary alicyclic amines) is 1. The van der Waals surface area contributed by atoms with Crippen LogP contribution in [0.2, 0.25) is 0 Å². The van der Waals surface area contributed by atoms with Crippen molar-refractivity contribution in [2.75, 3.05) is 33.4 Å². The molecule has 1 fully saturated rings. The second-order valence-corrected chi connectivity index (χ2v) is 9.87. The maximum atomic E-state index is 13.7. The van der Waals surface area contributed by atoms with Crippen LogP contribution in [0.25, 0.3) is 20.5 Å². The summed E-state index contributed by atoms with van der Waals surface area (Å²) in [6.07, 6.45) is 3.87. The second-order valence-electron chi connectivity index (χ2n) is 8.82. The van der Waals surface area contributed by atoms with E-state index in [0.29, 0.717) is 17.7 Å². The Balaban J connectivity index is 1.39. The van der Waals surface area contributed by atoms with E-state index in [1.807, 2.05) is 54.6 Å². The number of hydrogen-bond donors (Lipinski definition) is 1. The molecule has 6 heteroatoms. The Hall–Kier alpha value is -3.35. The van der Waals surface area contributed by atoms with E-state index in [-0.39, 0.29) is 11.5 Å². The molecule has 2 heterocycles. The summed E-state index contributed by atoms with van der Waals surface area (Å²) < 4.78 is 12.1. The summed E-state index contributed by atoms with van der Waals surface area (Å²) in [4.78, 5) is 17.0. The number of thiophene rings is 1. The van der Waals surface area contributed by atoms with Crippen molar-refractivity contribution in [3.63, 3.8) is 0 Å². The van der Waals surface area contributed by atoms with Gasteiger partial charge in [-0.3, -0.25) is 9.69 Å². The summed E-state index contributed by atoms with van der Waals surface area (Å²) in [6.45, 7) is 3.88. The molecule has 4 aromatic rings. The maximum absolute atomic E-state index is 13.7. The molecule has 5 rings (SSSR count). The molecule has 1 aliphatic heterocycles. The van der Waals surface area contributed by atoms with Crippen LogP contribution >= 0.6 is 11.3 Å². The van der Waals surface area contributed by atoms with Crippen LogP contribution in [-0.4, -0.2) is 49.1 Å². The van der Waals surface area contributed by atoms with Gasteiger partial charge in [0.25, 0.3) is 0 Å². The Kier molecular flexibility index (Phi) is 7.02. The number of phenols is 1. The van der Waals surface area contributed by atoms with Gasteiger partial charge in [-0.05, 0) is 98.2 Å². The molecule has 180 valence electrons. The topological polar surface area (TPSA) is 59.0 Å². The predicted molar refractivity (Wildman–Crippen MR) is 141 cm³/mol. The van der Waals surface area contributed by atoms with Gasteiger partial charge in [0, 0.05) is 32.6 Å². The highest BCUT2D eigenvalue weighted by Gasteiger charge is 2.22. The van der Waals surface area contributed by atoms with E-state index in [1.165, 1.54) is 30.6 Å². The second kappa shape index (κ2) is 10.5. The van der Waals surface area contributed by atoms with Crippen LogP contribution in [-0.2, 0) is 0 Å². The minimum absolute atomic E-state index is 0.0485. The number of carbonyl (C=O) groups is 1. The number of benzene rings is 3. The zero-order chi connectivity index (χ0) is 24.2. The molecule has 0 spiro atoms. The lowest BCUT2D eigenvalue weighted by Crippen LogP contribution is -2.33. The number of rotatable bonds is 8. The lowest BCUT2D eigenvalue weighted by Gasteiger charge is -2.26. The van der Waals surface area contributed by atoms with Gasteiger partial charge in [-0.15, -0.1) is 11.3 Å². The maximum Gasteiger partial charge on any atom is 0.195 e. The molecule has 0 amide bonds. The number of fused-ring (bicyclic) bond motifs is 1. The van der Waals surface area contributed by atoms with Gasteiger partial charge in [0.05, 0.1) is 7.11 Å². The lowest BCUT2D eigenvalue weighted by molar-refractivity contribution is 0.104. The molecule has 1 aromatic heterocycles. The molecule has 5 nitrogen and oxygen atoms in total. The number of nitrogens with zero attached hydrogens (tertiary/aromatic N) is 1. The lowest BCUT2D eigenvalue weighted by atomic mass is 9.97. The highest BCUT2D eigenvalue weighted by molar-refractivity contribution is 7.22. The number of ketones is 1. The third kappa shape index (κ3) is 5.19. The average molecular weight is 488 g/mol. The van der Waals surface area contributed by atoms with Crippen molar-refractivity contribution in [1.82, 2.24) is 4.90 Å². The van der Waals surface area contributed by atoms with E-state index in [4.69, 9.17) is 9.47 Å². The van der Waals surface area contributed by atoms with E-state index in [9.17, 15) is 9.90 Å². The Morgan fingerprint density at radius 2 is 1.66 bits per heavy atom. The fraction of sp³-hybridized carbons (Fsp3) is 0.276. The van der Waals surface area contributed by atoms with Crippen LogP contribution in [0.3, 0.4) is 0 Å². The largest absolute Gasteiger partial charge is 0.508 e. The van der Waals surface area contributed by atoms with Gasteiger partial charge < -0.3 is 14.6 Å². The van der Waals surface area contributed by atoms with E-state index in [0.717, 1.165) is 51.7 Å². The molecule has 1 saturated heterocycles. The minimum atomic E-state index is -0.0485. The van der Waals surface area contributed by atoms with E-state index >= 15 is 0 Å². The highest BCUT2D eigenvalue weighted by Crippen LogP contribution is 2.41. The molecule has 35 heavy (non-hydrogen) atoms. The third-order valence-corrected chi connectivity index (χ3v) is 7.70. The fourth-order valence-corrected chi connectivity index (χ4v) is 5.82. The summed E-state index contributed by atoms with van der Waals surface area (Å²) in [5.41, 5.74) is 2.19. The van der Waals surface area contributed by atoms with Gasteiger partial charge in [-0.2, -0.15) is 0 Å². The van der Waals surface area contributed by atoms with Gasteiger partial charge in [-0.25, -0.2) is 0 Å². The standard InChI is InChI=1S/C29H29NO4S/c1-33-23-10-7-21(8-11-23)29-27(25-14-9-22(31)19-26(25)35-29)28(32)20-5-12-24(13-6-20)34-18-17-30-15-3-2-4-16-30/h5-14,19,31H,2-4,15-18H2,1H3. The molecular weight excluding hydrogens is 458 g/mol. The van der Waals surface area contributed by atoms with Crippen LogP contribution in [0.15, 0.2) is 66.7 Å². The molecule has 3 aromatic carbocycles. The van der Waals surface area contributed by atoms with E-state index in [2.05, 4.69) is 4.90 Å². The van der Waals surface area contributed by atoms with Crippen LogP contribution in [0.4, 0.5) is 0 Å². The van der Waals surface area contributed by atoms with Gasteiger partial charge in [0.15, 0.2) is 5.78 Å². The number of aromatic hydroxyl groups is 1. The first-order valence-electron chi connectivity index (χ1n) is 12.0. The smallest absolute Gasteiger partial charge is 0.195 e. The summed E-state index contributed by atoms with van der Waals surface area (Å²) in [5.74, 6) is 1.67. The summed E-state index contributed by atoms with van der Waals surface area (Å²) >= 11 is 1.50. The van der Waals surface area contributed by atoms with Crippen molar-refractivity contribution in [2.24, 2.45) is 0 Å². The van der Waals surface area contributed by atoms with E-state index < -0.39 is 0 Å². The fourth-order valence-electron chi connectivity index (χ4n) is 4.58. The zero-order valence-electron chi connectivity index (χ0n) is 19.8. The third-order valence-electron chi connectivity index (χ3n) is 6.49. The summed E-state index contributed by atoms with van der Waals surface area (Å²) in [7, 11) is 1.63. The first-order chi connectivity index (χ1) is 17.1. The molecule has 0 atom stereocenters. The number of piperidine rings is 1. The SMILES string of the molecule is COc1ccc(-c2sc3cc(O)ccc3c2C(=O)c2ccc(OCCN3CCCCC3)cc2)cc1. The van der Waals surface area contributed by atoms with E-state index in [1.54, 1.807) is 19.2 Å². The van der Waals surface area contributed by atoms with Gasteiger partial charge in [0.1, 0.15) is 23.9 Å². The average Bonchev–Trinajstić information content (AvgIpc) is 3.28. The Morgan fingerprint density at radius 1 is 0.943 bits per heavy atom. The number of phenolic OH excluding ortho intramolecular Hbond substituents is 1. The molecule has 0 aliphatic carbocycles. The Morgan fingerprint density at radius 3 is 2.37 bits per heavy atom. The molecule has 1 N–H and O–H groups in total. The number of hydrogen-bond acceptors (Lipinski definition) is 6. The first-order valence-corrected chi connectivity index (χ1v) is 12.8. The van der Waals surface area contributed by atoms with Gasteiger partial charge >= 0.3 is 0 Å². The van der Waals surface area contributed by atoms with Gasteiger partial charge in [0.2, 0.25) is 0 Å². The monoisotopic (exact) mass is 487 g/mol. The van der Waals surface area contributed by atoms with Crippen molar-refractivity contribution < 1.29 is 19.4 Å². The Labute approximate surface area is 209 Å². The number of methoxy groups -OCH3 is 1. The van der Waals surface area contributed by atoms with Crippen molar-refractivity contribution in [3.8, 4) is 27.7 Å². The normalized spacial score (nSPS) is 14.2. The minimum Gasteiger partial charge on any atom is -0.508 e. The molecule has 0 saturated carbocycles. The van der Waals surface area contributed by atoms with Crippen molar-refractivity contribution in [2.45, 2.75) is 19.3 Å². The molecule has 0 bridgehead atoms. The van der Waals surface area contributed by atoms with Crippen molar-refractivity contribution >= 4 is 27.2 Å². The predicted octanol–water partition coefficient (Wildman–Crippen LogP) is 6.38. The Bertz CT molecular complexity index is 1310. The van der Waals surface area contributed by atoms with Crippen LogP contribution < -0.4 is 9.47 Å². The zero-order valence-corrected chi connectivity index (χ0v) is 20.6. The number of ether oxygens (including phenoxy) is 2. The first kappa shape index (κ1) is 23.4. The van der Waals surface area contributed by atoms with Crippen LogP contribution in [0.1, 0.15) is 35.2 Å². The van der Waals surface area contributed by atoms with Gasteiger partial charge in [-0.1, -0.05) is 6.42 Å². The van der Waals surface area contributed by atoms with Crippen LogP contribution in [0.5, 0.6) is 17.2 Å². The quantitative estimate of drug-likeness (QED) is 0.292. The number of carbonyl (C=O) groups excluding carboxylic acids is 1. The highest BCUT2D eigenvalue weighted by atomic mass is 32.1. The summed E-state index contributed by atoms with van der Waals surface area (Å²) in [5, 5.41) is 10.8. The van der Waals surface area contributed by atoms with Crippen molar-refractivity contribution in [3.05, 3.63) is 77.9 Å². The molecule has 0 radical (unpaired) electrons. The molecular formula is C29H29NO4S. The molecule has 0 unspecified atom stereocenters. The van der Waals surface area contributed by atoms with Crippen molar-refractivity contribution in [1.29, 1.82) is 0 Å². The molecule has 1 aliphatic rings. The van der Waals surface area contributed by atoms with Crippen LogP contribution in [0, 0.1) is 0 Å².